The lowest BCUT2D eigenvalue weighted by Crippen LogP contribution is -2.29. The van der Waals surface area contributed by atoms with Gasteiger partial charge in [0.25, 0.3) is 0 Å². The normalized spacial score (nSPS) is 14.3. The molecule has 0 amide bonds. The topological polar surface area (TPSA) is 29.3 Å². The molecule has 3 rings (SSSR count). The molecule has 1 aliphatic rings. The van der Waals surface area contributed by atoms with Crippen molar-refractivity contribution in [2.75, 3.05) is 17.2 Å². The van der Waals surface area contributed by atoms with Gasteiger partial charge in [0.1, 0.15) is 0 Å². The summed E-state index contributed by atoms with van der Waals surface area (Å²) in [5.74, 6) is 0. The Labute approximate surface area is 108 Å². The second kappa shape index (κ2) is 4.73. The molecular weight excluding hydrogens is 220 g/mol. The quantitative estimate of drug-likeness (QED) is 0.814. The summed E-state index contributed by atoms with van der Waals surface area (Å²) in [5, 5.41) is 0. The Morgan fingerprint density at radius 2 is 1.83 bits per heavy atom. The van der Waals surface area contributed by atoms with Crippen LogP contribution < -0.4 is 10.6 Å². The molecule has 92 valence electrons. The van der Waals surface area contributed by atoms with Crippen molar-refractivity contribution in [2.45, 2.75) is 19.4 Å². The van der Waals surface area contributed by atoms with E-state index in [4.69, 9.17) is 5.73 Å². The van der Waals surface area contributed by atoms with Crippen LogP contribution in [0, 0.1) is 0 Å². The largest absolute Gasteiger partial charge is 0.398 e. The van der Waals surface area contributed by atoms with Gasteiger partial charge in [-0.3, -0.25) is 0 Å². The van der Waals surface area contributed by atoms with Crippen LogP contribution in [-0.4, -0.2) is 6.54 Å². The molecule has 0 spiro atoms. The first-order valence-electron chi connectivity index (χ1n) is 6.51. The van der Waals surface area contributed by atoms with E-state index in [1.54, 1.807) is 0 Å². The minimum absolute atomic E-state index is 0.935. The molecule has 0 fully saturated rings. The van der Waals surface area contributed by atoms with Crippen LogP contribution in [0.15, 0.2) is 48.5 Å². The van der Waals surface area contributed by atoms with Crippen LogP contribution >= 0.6 is 0 Å². The number of hydrogen-bond acceptors (Lipinski definition) is 2. The first kappa shape index (κ1) is 11.1. The molecule has 0 unspecified atom stereocenters. The zero-order valence-electron chi connectivity index (χ0n) is 10.5. The van der Waals surface area contributed by atoms with Gasteiger partial charge in [-0.25, -0.2) is 0 Å². The van der Waals surface area contributed by atoms with Gasteiger partial charge in [-0.2, -0.15) is 0 Å². The predicted molar refractivity (Wildman–Crippen MR) is 76.7 cm³/mol. The summed E-state index contributed by atoms with van der Waals surface area (Å²) in [5.41, 5.74) is 11.0. The van der Waals surface area contributed by atoms with Gasteiger partial charge >= 0.3 is 0 Å². The Hall–Kier alpha value is -1.96. The van der Waals surface area contributed by atoms with Crippen LogP contribution in [0.2, 0.25) is 0 Å². The van der Waals surface area contributed by atoms with Crippen molar-refractivity contribution < 1.29 is 0 Å². The molecule has 0 atom stereocenters. The molecule has 1 heterocycles. The lowest BCUT2D eigenvalue weighted by atomic mass is 9.99. The van der Waals surface area contributed by atoms with Gasteiger partial charge in [-0.05, 0) is 36.1 Å². The number of rotatable bonds is 2. The highest BCUT2D eigenvalue weighted by atomic mass is 15.1. The SMILES string of the molecule is Nc1cccc2c1CCCN2Cc1ccccc1. The van der Waals surface area contributed by atoms with Gasteiger partial charge < -0.3 is 10.6 Å². The molecule has 2 aromatic rings. The second-order valence-corrected chi connectivity index (χ2v) is 4.86. The van der Waals surface area contributed by atoms with Gasteiger partial charge in [0.2, 0.25) is 0 Å². The summed E-state index contributed by atoms with van der Waals surface area (Å²) in [7, 11) is 0. The molecule has 0 radical (unpaired) electrons. The molecule has 2 aromatic carbocycles. The number of hydrogen-bond donors (Lipinski definition) is 1. The molecule has 2 heteroatoms. The Morgan fingerprint density at radius 3 is 2.67 bits per heavy atom. The highest BCUT2D eigenvalue weighted by Crippen LogP contribution is 2.32. The molecule has 2 N–H and O–H groups in total. The maximum Gasteiger partial charge on any atom is 0.0429 e. The highest BCUT2D eigenvalue weighted by Gasteiger charge is 2.18. The van der Waals surface area contributed by atoms with Crippen molar-refractivity contribution in [2.24, 2.45) is 0 Å². The first-order valence-corrected chi connectivity index (χ1v) is 6.51. The van der Waals surface area contributed by atoms with Gasteiger partial charge in [0.15, 0.2) is 0 Å². The van der Waals surface area contributed by atoms with E-state index in [0.29, 0.717) is 0 Å². The molecular formula is C16H18N2. The van der Waals surface area contributed by atoms with Crippen LogP contribution in [-0.2, 0) is 13.0 Å². The molecule has 0 aliphatic carbocycles. The van der Waals surface area contributed by atoms with Crippen molar-refractivity contribution in [1.29, 1.82) is 0 Å². The van der Waals surface area contributed by atoms with E-state index in [9.17, 15) is 0 Å². The summed E-state index contributed by atoms with van der Waals surface area (Å²) in [6, 6.07) is 16.9. The number of fused-ring (bicyclic) bond motifs is 1. The van der Waals surface area contributed by atoms with E-state index in [-0.39, 0.29) is 0 Å². The number of anilines is 2. The summed E-state index contributed by atoms with van der Waals surface area (Å²) < 4.78 is 0. The Balaban J connectivity index is 1.90. The maximum absolute atomic E-state index is 6.07. The van der Waals surface area contributed by atoms with E-state index >= 15 is 0 Å². The number of nitrogen functional groups attached to an aromatic ring is 1. The molecule has 0 saturated heterocycles. The van der Waals surface area contributed by atoms with Gasteiger partial charge in [0, 0.05) is 24.5 Å². The Morgan fingerprint density at radius 1 is 1.00 bits per heavy atom. The molecule has 0 aromatic heterocycles. The zero-order chi connectivity index (χ0) is 12.4. The number of nitrogens with zero attached hydrogens (tertiary/aromatic N) is 1. The van der Waals surface area contributed by atoms with Crippen molar-refractivity contribution in [3.8, 4) is 0 Å². The van der Waals surface area contributed by atoms with E-state index < -0.39 is 0 Å². The van der Waals surface area contributed by atoms with Gasteiger partial charge in [-0.15, -0.1) is 0 Å². The van der Waals surface area contributed by atoms with Crippen molar-refractivity contribution in [3.63, 3.8) is 0 Å². The van der Waals surface area contributed by atoms with Crippen LogP contribution in [0.25, 0.3) is 0 Å². The molecule has 0 saturated carbocycles. The molecule has 1 aliphatic heterocycles. The highest BCUT2D eigenvalue weighted by molar-refractivity contribution is 5.66. The first-order chi connectivity index (χ1) is 8.84. The fourth-order valence-corrected chi connectivity index (χ4v) is 2.70. The standard InChI is InChI=1S/C16H18N2/c17-15-9-4-10-16-14(15)8-5-11-18(16)12-13-6-2-1-3-7-13/h1-4,6-7,9-10H,5,8,11-12,17H2. The summed E-state index contributed by atoms with van der Waals surface area (Å²) in [6.45, 7) is 2.09. The smallest absolute Gasteiger partial charge is 0.0429 e. The van der Waals surface area contributed by atoms with E-state index in [0.717, 1.165) is 25.2 Å². The predicted octanol–water partition coefficient (Wildman–Crippen LogP) is 3.22. The van der Waals surface area contributed by atoms with E-state index in [2.05, 4.69) is 47.4 Å². The monoisotopic (exact) mass is 238 g/mol. The number of nitrogens with two attached hydrogens (primary N) is 1. The van der Waals surface area contributed by atoms with Crippen molar-refractivity contribution >= 4 is 11.4 Å². The zero-order valence-corrected chi connectivity index (χ0v) is 10.5. The van der Waals surface area contributed by atoms with Crippen LogP contribution in [0.5, 0.6) is 0 Å². The second-order valence-electron chi connectivity index (χ2n) is 4.86. The Bertz CT molecular complexity index is 534. The third-order valence-corrected chi connectivity index (χ3v) is 3.60. The van der Waals surface area contributed by atoms with E-state index in [1.165, 1.54) is 23.2 Å². The van der Waals surface area contributed by atoms with Crippen molar-refractivity contribution in [3.05, 3.63) is 59.7 Å². The summed E-state index contributed by atoms with van der Waals surface area (Å²) in [6.07, 6.45) is 2.29. The van der Waals surface area contributed by atoms with Gasteiger partial charge in [-0.1, -0.05) is 36.4 Å². The molecule has 2 nitrogen and oxygen atoms in total. The average Bonchev–Trinajstić information content (AvgIpc) is 2.41. The summed E-state index contributed by atoms with van der Waals surface area (Å²) >= 11 is 0. The van der Waals surface area contributed by atoms with Crippen LogP contribution in [0.3, 0.4) is 0 Å². The van der Waals surface area contributed by atoms with Crippen LogP contribution in [0.1, 0.15) is 17.5 Å². The minimum Gasteiger partial charge on any atom is -0.398 e. The van der Waals surface area contributed by atoms with Gasteiger partial charge in [0.05, 0.1) is 0 Å². The Kier molecular flexibility index (Phi) is 2.93. The summed E-state index contributed by atoms with van der Waals surface area (Å²) in [4.78, 5) is 2.44. The third kappa shape index (κ3) is 2.06. The molecule has 18 heavy (non-hydrogen) atoms. The van der Waals surface area contributed by atoms with Crippen LogP contribution in [0.4, 0.5) is 11.4 Å². The minimum atomic E-state index is 0.935. The molecule has 0 bridgehead atoms. The fraction of sp³-hybridized carbons (Fsp3) is 0.250. The average molecular weight is 238 g/mol. The van der Waals surface area contributed by atoms with Crippen molar-refractivity contribution in [1.82, 2.24) is 0 Å². The maximum atomic E-state index is 6.07. The lowest BCUT2D eigenvalue weighted by molar-refractivity contribution is 0.692. The lowest BCUT2D eigenvalue weighted by Gasteiger charge is -2.32. The fourth-order valence-electron chi connectivity index (χ4n) is 2.70. The third-order valence-electron chi connectivity index (χ3n) is 3.60. The number of benzene rings is 2. The van der Waals surface area contributed by atoms with E-state index in [1.807, 2.05) is 6.07 Å².